The Morgan fingerprint density at radius 1 is 1.20 bits per heavy atom. The summed E-state index contributed by atoms with van der Waals surface area (Å²) in [7, 11) is 0. The number of hydrogen-bond donors (Lipinski definition) is 0. The van der Waals surface area contributed by atoms with Gasteiger partial charge in [-0.2, -0.15) is 0 Å². The monoisotopic (exact) mass is 434 g/mol. The van der Waals surface area contributed by atoms with E-state index in [2.05, 4.69) is 16.2 Å². The number of imidazole rings is 1. The number of carbonyl (C=O) groups excluding carboxylic acids is 1. The molecule has 1 aromatic carbocycles. The zero-order valence-electron chi connectivity index (χ0n) is 16.5. The lowest BCUT2D eigenvalue weighted by atomic mass is 9.98. The summed E-state index contributed by atoms with van der Waals surface area (Å²) in [4.78, 5) is 25.2. The molecule has 5 nitrogen and oxygen atoms in total. The number of pyridine rings is 1. The van der Waals surface area contributed by atoms with E-state index >= 15 is 0 Å². The fourth-order valence-corrected chi connectivity index (χ4v) is 5.44. The Hall–Kier alpha value is -2.64. The van der Waals surface area contributed by atoms with Crippen molar-refractivity contribution in [3.8, 4) is 0 Å². The van der Waals surface area contributed by atoms with Crippen LogP contribution in [0, 0.1) is 0 Å². The van der Waals surface area contributed by atoms with Crippen molar-refractivity contribution in [1.82, 2.24) is 19.3 Å². The van der Waals surface area contributed by atoms with Gasteiger partial charge in [-0.05, 0) is 49.2 Å². The summed E-state index contributed by atoms with van der Waals surface area (Å²) in [5, 5.41) is 3.16. The zero-order chi connectivity index (χ0) is 20.3. The Labute approximate surface area is 183 Å². The summed E-state index contributed by atoms with van der Waals surface area (Å²) in [5.41, 5.74) is 2.77. The first-order valence-electron chi connectivity index (χ1n) is 10.1. The predicted octanol–water partition coefficient (Wildman–Crippen LogP) is 5.10. The molecule has 1 aliphatic heterocycles. The van der Waals surface area contributed by atoms with Crippen LogP contribution in [0.4, 0.5) is 0 Å². The fraction of sp³-hybridized carbons (Fsp3) is 0.261. The average molecular weight is 435 g/mol. The molecule has 0 N–H and O–H groups in total. The van der Waals surface area contributed by atoms with Crippen LogP contribution in [0.2, 0.25) is 0 Å². The summed E-state index contributed by atoms with van der Waals surface area (Å²) in [6.45, 7) is 1.59. The molecule has 1 atom stereocenters. The van der Waals surface area contributed by atoms with Crippen molar-refractivity contribution < 1.29 is 4.79 Å². The van der Waals surface area contributed by atoms with Gasteiger partial charge in [0.1, 0.15) is 5.65 Å². The van der Waals surface area contributed by atoms with Gasteiger partial charge < -0.3 is 9.30 Å². The first kappa shape index (κ1) is 19.3. The van der Waals surface area contributed by atoms with E-state index in [4.69, 9.17) is 0 Å². The number of rotatable bonds is 5. The Balaban J connectivity index is 1.21. The van der Waals surface area contributed by atoms with Gasteiger partial charge in [0, 0.05) is 59.2 Å². The summed E-state index contributed by atoms with van der Waals surface area (Å²) in [5.74, 6) is 1.28. The van der Waals surface area contributed by atoms with Crippen LogP contribution in [-0.4, -0.2) is 38.3 Å². The number of hydrogen-bond acceptors (Lipinski definition) is 5. The molecular weight excluding hydrogens is 412 g/mol. The third-order valence-corrected chi connectivity index (χ3v) is 7.39. The van der Waals surface area contributed by atoms with Gasteiger partial charge in [-0.15, -0.1) is 23.1 Å². The number of piperidine rings is 1. The molecule has 3 aromatic heterocycles. The lowest BCUT2D eigenvalue weighted by molar-refractivity contribution is 0.0707. The second kappa shape index (κ2) is 8.62. The van der Waals surface area contributed by atoms with Gasteiger partial charge in [0.25, 0.3) is 5.91 Å². The zero-order valence-corrected chi connectivity index (χ0v) is 18.1. The van der Waals surface area contributed by atoms with E-state index in [0.29, 0.717) is 5.92 Å². The van der Waals surface area contributed by atoms with Gasteiger partial charge in [-0.1, -0.05) is 6.07 Å². The lowest BCUT2D eigenvalue weighted by Crippen LogP contribution is -2.39. The molecule has 0 aliphatic carbocycles. The molecule has 0 spiro atoms. The van der Waals surface area contributed by atoms with Crippen LogP contribution >= 0.6 is 23.1 Å². The minimum Gasteiger partial charge on any atom is -0.338 e. The van der Waals surface area contributed by atoms with E-state index in [1.807, 2.05) is 69.5 Å². The van der Waals surface area contributed by atoms with Crippen molar-refractivity contribution in [2.24, 2.45) is 0 Å². The van der Waals surface area contributed by atoms with E-state index < -0.39 is 0 Å². The smallest absolute Gasteiger partial charge is 0.253 e. The number of carbonyl (C=O) groups is 1. The van der Waals surface area contributed by atoms with Crippen LogP contribution in [0.3, 0.4) is 0 Å². The Bertz CT molecular complexity index is 1100. The van der Waals surface area contributed by atoms with E-state index in [1.54, 1.807) is 23.1 Å². The SMILES string of the molecule is O=C(c1ccc(SCc2cn3ccccc3n2)cc1)N1CCCC(c2nccs2)C1. The van der Waals surface area contributed by atoms with E-state index in [1.165, 1.54) is 0 Å². The summed E-state index contributed by atoms with van der Waals surface area (Å²) >= 11 is 3.42. The molecule has 1 amide bonds. The van der Waals surface area contributed by atoms with Gasteiger partial charge in [0.2, 0.25) is 0 Å². The molecule has 1 saturated heterocycles. The average Bonchev–Trinajstić information content (AvgIpc) is 3.47. The molecule has 5 rings (SSSR count). The highest BCUT2D eigenvalue weighted by Crippen LogP contribution is 2.29. The highest BCUT2D eigenvalue weighted by Gasteiger charge is 2.26. The molecule has 0 saturated carbocycles. The van der Waals surface area contributed by atoms with Crippen LogP contribution in [0.5, 0.6) is 0 Å². The standard InChI is InChI=1S/C23H22N4OS2/c28-23(27-12-3-4-18(14-27)22-24-10-13-29-22)17-6-8-20(9-7-17)30-16-19-15-26-11-2-1-5-21(26)25-19/h1-2,5-11,13,15,18H,3-4,12,14,16H2. The third-order valence-electron chi connectivity index (χ3n) is 5.41. The fourth-order valence-electron chi connectivity index (χ4n) is 3.89. The van der Waals surface area contributed by atoms with Gasteiger partial charge in [-0.25, -0.2) is 9.97 Å². The Morgan fingerprint density at radius 3 is 2.90 bits per heavy atom. The molecule has 0 radical (unpaired) electrons. The van der Waals surface area contributed by atoms with Crippen molar-refractivity contribution >= 4 is 34.7 Å². The second-order valence-electron chi connectivity index (χ2n) is 7.47. The summed E-state index contributed by atoms with van der Waals surface area (Å²) in [6.07, 6.45) is 8.06. The van der Waals surface area contributed by atoms with Gasteiger partial charge in [0.15, 0.2) is 0 Å². The minimum absolute atomic E-state index is 0.119. The normalized spacial score (nSPS) is 16.8. The Kier molecular flexibility index (Phi) is 5.55. The topological polar surface area (TPSA) is 50.5 Å². The molecule has 4 heterocycles. The van der Waals surface area contributed by atoms with Crippen molar-refractivity contribution in [1.29, 1.82) is 0 Å². The highest BCUT2D eigenvalue weighted by molar-refractivity contribution is 7.98. The quantitative estimate of drug-likeness (QED) is 0.410. The van der Waals surface area contributed by atoms with Crippen molar-refractivity contribution in [3.63, 3.8) is 0 Å². The number of aromatic nitrogens is 3. The van der Waals surface area contributed by atoms with Crippen molar-refractivity contribution in [3.05, 3.63) is 82.7 Å². The van der Waals surface area contributed by atoms with Crippen LogP contribution in [0.15, 0.2) is 71.3 Å². The van der Waals surface area contributed by atoms with Crippen LogP contribution in [0.1, 0.15) is 39.8 Å². The number of nitrogens with zero attached hydrogens (tertiary/aromatic N) is 4. The van der Waals surface area contributed by atoms with E-state index in [0.717, 1.165) is 58.5 Å². The Morgan fingerprint density at radius 2 is 2.10 bits per heavy atom. The lowest BCUT2D eigenvalue weighted by Gasteiger charge is -2.32. The number of thioether (sulfide) groups is 1. The molecule has 0 bridgehead atoms. The largest absolute Gasteiger partial charge is 0.338 e. The van der Waals surface area contributed by atoms with Crippen LogP contribution in [0.25, 0.3) is 5.65 Å². The maximum Gasteiger partial charge on any atom is 0.253 e. The maximum absolute atomic E-state index is 13.0. The van der Waals surface area contributed by atoms with Gasteiger partial charge >= 0.3 is 0 Å². The van der Waals surface area contributed by atoms with Crippen molar-refractivity contribution in [2.45, 2.75) is 29.4 Å². The number of benzene rings is 1. The molecule has 1 aliphatic rings. The molecule has 1 unspecified atom stereocenters. The third kappa shape index (κ3) is 4.13. The van der Waals surface area contributed by atoms with E-state index in [9.17, 15) is 4.79 Å². The summed E-state index contributed by atoms with van der Waals surface area (Å²) < 4.78 is 2.04. The minimum atomic E-state index is 0.119. The molecule has 4 aromatic rings. The van der Waals surface area contributed by atoms with Gasteiger partial charge in [-0.3, -0.25) is 4.79 Å². The van der Waals surface area contributed by atoms with Crippen LogP contribution < -0.4 is 0 Å². The maximum atomic E-state index is 13.0. The predicted molar refractivity (Wildman–Crippen MR) is 121 cm³/mol. The second-order valence-corrected chi connectivity index (χ2v) is 9.45. The van der Waals surface area contributed by atoms with Crippen molar-refractivity contribution in [2.75, 3.05) is 13.1 Å². The molecule has 30 heavy (non-hydrogen) atoms. The molecular formula is C23H22N4OS2. The van der Waals surface area contributed by atoms with Crippen LogP contribution in [-0.2, 0) is 5.75 Å². The number of likely N-dealkylation sites (tertiary alicyclic amines) is 1. The molecule has 152 valence electrons. The first-order valence-corrected chi connectivity index (χ1v) is 12.0. The summed E-state index contributed by atoms with van der Waals surface area (Å²) in [6, 6.07) is 14.0. The molecule has 7 heteroatoms. The highest BCUT2D eigenvalue weighted by atomic mass is 32.2. The number of thiazole rings is 1. The number of amides is 1. The van der Waals surface area contributed by atoms with E-state index in [-0.39, 0.29) is 5.91 Å². The van der Waals surface area contributed by atoms with Gasteiger partial charge in [0.05, 0.1) is 10.7 Å². The first-order chi connectivity index (χ1) is 14.8. The molecule has 1 fully saturated rings. The number of fused-ring (bicyclic) bond motifs is 1.